The van der Waals surface area contributed by atoms with Crippen LogP contribution in [-0.2, 0) is 11.2 Å². The van der Waals surface area contributed by atoms with Gasteiger partial charge in [0.15, 0.2) is 0 Å². The van der Waals surface area contributed by atoms with E-state index >= 15 is 0 Å². The molecule has 144 valence electrons. The summed E-state index contributed by atoms with van der Waals surface area (Å²) in [6, 6.07) is 17.0. The van der Waals surface area contributed by atoms with Crippen LogP contribution in [-0.4, -0.2) is 29.6 Å². The number of carbonyl (C=O) groups is 1. The number of carbonyl (C=O) groups excluding carboxylic acids is 1. The maximum Gasteiger partial charge on any atom is 0.337 e. The Bertz CT molecular complexity index is 935. The highest BCUT2D eigenvalue weighted by Crippen LogP contribution is 2.26. The third kappa shape index (κ3) is 5.44. The third-order valence-corrected chi connectivity index (χ3v) is 4.44. The molecule has 0 bridgehead atoms. The summed E-state index contributed by atoms with van der Waals surface area (Å²) in [5.74, 6) is 0.860. The first-order valence-electron chi connectivity index (χ1n) is 8.90. The molecule has 0 atom stereocenters. The lowest BCUT2D eigenvalue weighted by Crippen LogP contribution is -2.06. The van der Waals surface area contributed by atoms with E-state index in [0.717, 1.165) is 19.4 Å². The first-order valence-corrected chi connectivity index (χ1v) is 9.28. The minimum atomic E-state index is -0.428. The Morgan fingerprint density at radius 1 is 1.07 bits per heavy atom. The van der Waals surface area contributed by atoms with E-state index in [0.29, 0.717) is 27.9 Å². The van der Waals surface area contributed by atoms with Crippen LogP contribution in [0.4, 0.5) is 17.3 Å². The van der Waals surface area contributed by atoms with E-state index in [-0.39, 0.29) is 0 Å². The monoisotopic (exact) mass is 396 g/mol. The number of rotatable bonds is 8. The molecule has 2 aromatic carbocycles. The molecule has 0 unspecified atom stereocenters. The Labute approximate surface area is 168 Å². The number of hydrogen-bond donors (Lipinski definition) is 2. The molecule has 0 aliphatic heterocycles. The van der Waals surface area contributed by atoms with Gasteiger partial charge in [-0.1, -0.05) is 41.9 Å². The van der Waals surface area contributed by atoms with Crippen LogP contribution < -0.4 is 10.6 Å². The summed E-state index contributed by atoms with van der Waals surface area (Å²) in [7, 11) is 1.34. The zero-order chi connectivity index (χ0) is 19.8. The average Bonchev–Trinajstić information content (AvgIpc) is 2.73. The molecular weight excluding hydrogens is 376 g/mol. The van der Waals surface area contributed by atoms with E-state index in [4.69, 9.17) is 16.3 Å². The lowest BCUT2D eigenvalue weighted by molar-refractivity contribution is 0.0601. The Balaban J connectivity index is 1.59. The Hall–Kier alpha value is -3.12. The molecule has 0 radical (unpaired) electrons. The number of nitrogens with one attached hydrogen (secondary N) is 2. The molecule has 0 saturated heterocycles. The zero-order valence-corrected chi connectivity index (χ0v) is 16.2. The van der Waals surface area contributed by atoms with Crippen LogP contribution in [0, 0.1) is 0 Å². The van der Waals surface area contributed by atoms with Gasteiger partial charge >= 0.3 is 5.97 Å². The number of hydrogen-bond acceptors (Lipinski definition) is 6. The van der Waals surface area contributed by atoms with E-state index in [2.05, 4.69) is 32.7 Å². The molecular formula is C21H21ClN4O2. The van der Waals surface area contributed by atoms with Gasteiger partial charge in [-0.05, 0) is 36.6 Å². The summed E-state index contributed by atoms with van der Waals surface area (Å²) in [4.78, 5) is 20.2. The predicted octanol–water partition coefficient (Wildman–Crippen LogP) is 4.70. The lowest BCUT2D eigenvalue weighted by atomic mass is 10.1. The van der Waals surface area contributed by atoms with E-state index in [1.165, 1.54) is 19.0 Å². The Morgan fingerprint density at radius 2 is 1.86 bits per heavy atom. The van der Waals surface area contributed by atoms with Gasteiger partial charge in [-0.25, -0.2) is 14.8 Å². The number of aryl methyl sites for hydroxylation is 1. The van der Waals surface area contributed by atoms with Gasteiger partial charge in [-0.2, -0.15) is 0 Å². The third-order valence-electron chi connectivity index (χ3n) is 4.11. The molecule has 3 rings (SSSR count). The standard InChI is InChI=1S/C21H21ClN4O2/c1-28-21(27)16-9-10-17(22)18(12-16)26-20-13-19(24-14-25-20)23-11-5-8-15-6-3-2-4-7-15/h2-4,6-7,9-10,12-14H,5,8,11H2,1H3,(H2,23,24,25,26). The van der Waals surface area contributed by atoms with Crippen molar-refractivity contribution in [2.24, 2.45) is 0 Å². The smallest absolute Gasteiger partial charge is 0.337 e. The number of esters is 1. The van der Waals surface area contributed by atoms with Crippen molar-refractivity contribution in [3.8, 4) is 0 Å². The second-order valence-corrected chi connectivity index (χ2v) is 6.52. The molecule has 2 N–H and O–H groups in total. The molecule has 1 aromatic heterocycles. The van der Waals surface area contributed by atoms with Gasteiger partial charge in [0.1, 0.15) is 18.0 Å². The van der Waals surface area contributed by atoms with Crippen molar-refractivity contribution in [2.45, 2.75) is 12.8 Å². The van der Waals surface area contributed by atoms with Gasteiger partial charge in [-0.15, -0.1) is 0 Å². The second kappa shape index (κ2) is 9.71. The van der Waals surface area contributed by atoms with Crippen LogP contribution in [0.1, 0.15) is 22.3 Å². The Kier molecular flexibility index (Phi) is 6.81. The summed E-state index contributed by atoms with van der Waals surface area (Å²) >= 11 is 6.22. The molecule has 28 heavy (non-hydrogen) atoms. The van der Waals surface area contributed by atoms with E-state index < -0.39 is 5.97 Å². The summed E-state index contributed by atoms with van der Waals surface area (Å²) in [6.07, 6.45) is 3.46. The van der Waals surface area contributed by atoms with Gasteiger partial charge < -0.3 is 15.4 Å². The molecule has 0 saturated carbocycles. The fourth-order valence-electron chi connectivity index (χ4n) is 2.68. The fourth-order valence-corrected chi connectivity index (χ4v) is 2.84. The van der Waals surface area contributed by atoms with Crippen molar-refractivity contribution in [1.29, 1.82) is 0 Å². The lowest BCUT2D eigenvalue weighted by Gasteiger charge is -2.11. The normalized spacial score (nSPS) is 10.4. The van der Waals surface area contributed by atoms with Crippen LogP contribution in [0.15, 0.2) is 60.9 Å². The van der Waals surface area contributed by atoms with E-state index in [9.17, 15) is 4.79 Å². The molecule has 0 aliphatic rings. The number of aromatic nitrogens is 2. The van der Waals surface area contributed by atoms with Crippen molar-refractivity contribution < 1.29 is 9.53 Å². The van der Waals surface area contributed by atoms with Crippen molar-refractivity contribution in [3.05, 3.63) is 77.1 Å². The maximum atomic E-state index is 11.7. The molecule has 7 heteroatoms. The van der Waals surface area contributed by atoms with Crippen molar-refractivity contribution in [1.82, 2.24) is 9.97 Å². The molecule has 1 heterocycles. The van der Waals surface area contributed by atoms with Crippen LogP contribution in [0.5, 0.6) is 0 Å². The molecule has 0 aliphatic carbocycles. The predicted molar refractivity (Wildman–Crippen MR) is 111 cm³/mol. The first-order chi connectivity index (χ1) is 13.7. The number of methoxy groups -OCH3 is 1. The quantitative estimate of drug-likeness (QED) is 0.424. The molecule has 0 fully saturated rings. The topological polar surface area (TPSA) is 76.1 Å². The summed E-state index contributed by atoms with van der Waals surface area (Å²) < 4.78 is 4.74. The number of anilines is 3. The SMILES string of the molecule is COC(=O)c1ccc(Cl)c(Nc2cc(NCCCc3ccccc3)ncn2)c1. The van der Waals surface area contributed by atoms with Crippen LogP contribution in [0.3, 0.4) is 0 Å². The first kappa shape index (κ1) is 19.6. The molecule has 3 aromatic rings. The number of ether oxygens (including phenoxy) is 1. The Morgan fingerprint density at radius 3 is 2.64 bits per heavy atom. The van der Waals surface area contributed by atoms with Gasteiger partial charge in [0.2, 0.25) is 0 Å². The fraction of sp³-hybridized carbons (Fsp3) is 0.190. The van der Waals surface area contributed by atoms with E-state index in [1.54, 1.807) is 24.3 Å². The van der Waals surface area contributed by atoms with E-state index in [1.807, 2.05) is 18.2 Å². The largest absolute Gasteiger partial charge is 0.465 e. The summed E-state index contributed by atoms with van der Waals surface area (Å²) in [6.45, 7) is 0.796. The highest BCUT2D eigenvalue weighted by atomic mass is 35.5. The maximum absolute atomic E-state index is 11.7. The summed E-state index contributed by atoms with van der Waals surface area (Å²) in [5, 5.41) is 6.89. The number of nitrogens with zero attached hydrogens (tertiary/aromatic N) is 2. The van der Waals surface area contributed by atoms with Gasteiger partial charge in [0, 0.05) is 12.6 Å². The van der Waals surface area contributed by atoms with Gasteiger partial charge in [-0.3, -0.25) is 0 Å². The minimum Gasteiger partial charge on any atom is -0.465 e. The number of benzene rings is 2. The van der Waals surface area contributed by atoms with Gasteiger partial charge in [0.05, 0.1) is 23.4 Å². The molecule has 0 amide bonds. The van der Waals surface area contributed by atoms with Crippen LogP contribution in [0.25, 0.3) is 0 Å². The second-order valence-electron chi connectivity index (χ2n) is 6.12. The average molecular weight is 397 g/mol. The highest BCUT2D eigenvalue weighted by Gasteiger charge is 2.10. The highest BCUT2D eigenvalue weighted by molar-refractivity contribution is 6.33. The molecule has 6 nitrogen and oxygen atoms in total. The van der Waals surface area contributed by atoms with Crippen LogP contribution in [0.2, 0.25) is 5.02 Å². The van der Waals surface area contributed by atoms with Crippen molar-refractivity contribution in [2.75, 3.05) is 24.3 Å². The number of halogens is 1. The van der Waals surface area contributed by atoms with Crippen molar-refractivity contribution in [3.63, 3.8) is 0 Å². The molecule has 0 spiro atoms. The van der Waals surface area contributed by atoms with Gasteiger partial charge in [0.25, 0.3) is 0 Å². The van der Waals surface area contributed by atoms with Crippen LogP contribution >= 0.6 is 11.6 Å². The zero-order valence-electron chi connectivity index (χ0n) is 15.5. The minimum absolute atomic E-state index is 0.405. The summed E-state index contributed by atoms with van der Waals surface area (Å²) in [5.41, 5.74) is 2.29. The van der Waals surface area contributed by atoms with Crippen molar-refractivity contribution >= 4 is 34.9 Å².